The first-order valence-corrected chi connectivity index (χ1v) is 12.3. The molecule has 0 bridgehead atoms. The van der Waals surface area contributed by atoms with Crippen molar-refractivity contribution in [3.8, 4) is 0 Å². The summed E-state index contributed by atoms with van der Waals surface area (Å²) in [4.78, 5) is 17.4. The molecule has 2 aliphatic rings. The van der Waals surface area contributed by atoms with Crippen LogP contribution in [0.2, 0.25) is 0 Å². The summed E-state index contributed by atoms with van der Waals surface area (Å²) >= 11 is 1.64. The number of thiazole rings is 1. The highest BCUT2D eigenvalue weighted by atomic mass is 32.2. The van der Waals surface area contributed by atoms with E-state index in [9.17, 15) is 13.2 Å². The number of piperidine rings is 1. The van der Waals surface area contributed by atoms with Crippen LogP contribution in [0.25, 0.3) is 0 Å². The molecule has 1 saturated carbocycles. The van der Waals surface area contributed by atoms with Gasteiger partial charge in [0.05, 0.1) is 10.7 Å². The molecule has 8 heteroatoms. The SMILES string of the molecule is CS(=O)(=O)C1(C(=O)NCCc2nc(C3CCCCC3)cs2)CCNCC1. The Kier molecular flexibility index (Phi) is 6.35. The standard InChI is InChI=1S/C18H29N3O3S2/c1-26(23,24)18(8-11-19-12-9-18)17(22)20-10-7-16-21-15(13-25-16)14-5-3-2-4-6-14/h13-14,19H,2-12H2,1H3,(H,20,22). The van der Waals surface area contributed by atoms with E-state index in [1.54, 1.807) is 11.3 Å². The fourth-order valence-corrected chi connectivity index (χ4v) is 6.30. The maximum atomic E-state index is 12.7. The van der Waals surface area contributed by atoms with Crippen LogP contribution in [0.15, 0.2) is 5.38 Å². The van der Waals surface area contributed by atoms with Crippen LogP contribution in [0.3, 0.4) is 0 Å². The van der Waals surface area contributed by atoms with E-state index in [4.69, 9.17) is 4.98 Å². The summed E-state index contributed by atoms with van der Waals surface area (Å²) in [7, 11) is -3.46. The van der Waals surface area contributed by atoms with Crippen molar-refractivity contribution in [3.63, 3.8) is 0 Å². The van der Waals surface area contributed by atoms with Crippen molar-refractivity contribution < 1.29 is 13.2 Å². The molecule has 1 aliphatic heterocycles. The highest BCUT2D eigenvalue weighted by Gasteiger charge is 2.48. The second kappa shape index (κ2) is 8.35. The molecule has 1 aromatic heterocycles. The van der Waals surface area contributed by atoms with Crippen LogP contribution in [0.4, 0.5) is 0 Å². The lowest BCUT2D eigenvalue weighted by molar-refractivity contribution is -0.124. The fourth-order valence-electron chi connectivity index (χ4n) is 4.07. The lowest BCUT2D eigenvalue weighted by Gasteiger charge is -2.34. The van der Waals surface area contributed by atoms with E-state index < -0.39 is 14.6 Å². The number of hydrogen-bond acceptors (Lipinski definition) is 6. The second-order valence-corrected chi connectivity index (χ2v) is 10.8. The molecule has 1 aliphatic carbocycles. The molecule has 1 amide bonds. The Labute approximate surface area is 160 Å². The van der Waals surface area contributed by atoms with Gasteiger partial charge in [-0.25, -0.2) is 13.4 Å². The first-order valence-electron chi connectivity index (χ1n) is 9.55. The van der Waals surface area contributed by atoms with Gasteiger partial charge in [0.15, 0.2) is 14.6 Å². The number of rotatable bonds is 6. The molecular formula is C18H29N3O3S2. The van der Waals surface area contributed by atoms with E-state index in [0.717, 1.165) is 5.01 Å². The highest BCUT2D eigenvalue weighted by Crippen LogP contribution is 2.33. The van der Waals surface area contributed by atoms with Crippen LogP contribution in [-0.4, -0.2) is 49.9 Å². The van der Waals surface area contributed by atoms with E-state index in [1.165, 1.54) is 44.1 Å². The van der Waals surface area contributed by atoms with Gasteiger partial charge in [0, 0.05) is 30.5 Å². The van der Waals surface area contributed by atoms with Crippen molar-refractivity contribution >= 4 is 27.1 Å². The summed E-state index contributed by atoms with van der Waals surface area (Å²) in [6.07, 6.45) is 8.86. The van der Waals surface area contributed by atoms with Gasteiger partial charge >= 0.3 is 0 Å². The Morgan fingerprint density at radius 1 is 1.31 bits per heavy atom. The third kappa shape index (κ3) is 4.28. The molecule has 1 aromatic rings. The molecule has 3 rings (SSSR count). The van der Waals surface area contributed by atoms with Crippen molar-refractivity contribution in [2.45, 2.75) is 62.0 Å². The van der Waals surface area contributed by atoms with Gasteiger partial charge in [-0.3, -0.25) is 4.79 Å². The predicted octanol–water partition coefficient (Wildman–Crippen LogP) is 2.02. The Hall–Kier alpha value is -0.990. The average Bonchev–Trinajstić information content (AvgIpc) is 3.11. The first-order chi connectivity index (χ1) is 12.4. The summed E-state index contributed by atoms with van der Waals surface area (Å²) in [5.41, 5.74) is 1.20. The predicted molar refractivity (Wildman–Crippen MR) is 104 cm³/mol. The lowest BCUT2D eigenvalue weighted by Crippen LogP contribution is -2.57. The molecule has 1 saturated heterocycles. The van der Waals surface area contributed by atoms with Crippen molar-refractivity contribution in [2.24, 2.45) is 0 Å². The largest absolute Gasteiger partial charge is 0.354 e. The van der Waals surface area contributed by atoms with Gasteiger partial charge in [-0.15, -0.1) is 11.3 Å². The molecule has 0 radical (unpaired) electrons. The quantitative estimate of drug-likeness (QED) is 0.764. The molecule has 2 fully saturated rings. The monoisotopic (exact) mass is 399 g/mol. The van der Waals surface area contributed by atoms with Crippen molar-refractivity contribution in [1.29, 1.82) is 0 Å². The molecule has 146 valence electrons. The molecule has 0 unspecified atom stereocenters. The van der Waals surface area contributed by atoms with Crippen molar-refractivity contribution in [3.05, 3.63) is 16.1 Å². The summed E-state index contributed by atoms with van der Waals surface area (Å²) in [6, 6.07) is 0. The zero-order valence-corrected chi connectivity index (χ0v) is 17.1. The van der Waals surface area contributed by atoms with E-state index >= 15 is 0 Å². The van der Waals surface area contributed by atoms with Gasteiger partial charge in [0.1, 0.15) is 0 Å². The van der Waals surface area contributed by atoms with Gasteiger partial charge in [-0.05, 0) is 38.8 Å². The normalized spacial score (nSPS) is 21.4. The minimum Gasteiger partial charge on any atom is -0.354 e. The molecule has 2 heterocycles. The lowest BCUT2D eigenvalue weighted by atomic mass is 9.87. The maximum Gasteiger partial charge on any atom is 0.241 e. The fraction of sp³-hybridized carbons (Fsp3) is 0.778. The van der Waals surface area contributed by atoms with Crippen LogP contribution in [-0.2, 0) is 21.1 Å². The Morgan fingerprint density at radius 2 is 2.00 bits per heavy atom. The van der Waals surface area contributed by atoms with Crippen molar-refractivity contribution in [1.82, 2.24) is 15.6 Å². The third-order valence-corrected chi connectivity index (χ3v) is 8.69. The van der Waals surface area contributed by atoms with E-state index in [2.05, 4.69) is 16.0 Å². The number of carbonyl (C=O) groups is 1. The van der Waals surface area contributed by atoms with Crippen LogP contribution >= 0.6 is 11.3 Å². The minimum absolute atomic E-state index is 0.334. The number of nitrogens with zero attached hydrogens (tertiary/aromatic N) is 1. The average molecular weight is 400 g/mol. The zero-order valence-electron chi connectivity index (χ0n) is 15.4. The molecular weight excluding hydrogens is 370 g/mol. The van der Waals surface area contributed by atoms with Crippen LogP contribution in [0.5, 0.6) is 0 Å². The van der Waals surface area contributed by atoms with Gasteiger partial charge in [-0.1, -0.05) is 19.3 Å². The molecule has 6 nitrogen and oxygen atoms in total. The van der Waals surface area contributed by atoms with Gasteiger partial charge in [0.2, 0.25) is 5.91 Å². The van der Waals surface area contributed by atoms with Crippen LogP contribution in [0.1, 0.15) is 61.6 Å². The molecule has 0 atom stereocenters. The minimum atomic E-state index is -3.46. The third-order valence-electron chi connectivity index (χ3n) is 5.75. The number of amides is 1. The number of sulfone groups is 1. The zero-order chi connectivity index (χ0) is 18.6. The molecule has 0 spiro atoms. The van der Waals surface area contributed by atoms with Crippen LogP contribution in [0, 0.1) is 0 Å². The van der Waals surface area contributed by atoms with E-state index in [0.29, 0.717) is 44.8 Å². The number of carbonyl (C=O) groups excluding carboxylic acids is 1. The Balaban J connectivity index is 1.55. The highest BCUT2D eigenvalue weighted by molar-refractivity contribution is 7.92. The molecule has 26 heavy (non-hydrogen) atoms. The Morgan fingerprint density at radius 3 is 2.65 bits per heavy atom. The summed E-state index contributed by atoms with van der Waals surface area (Å²) in [5, 5.41) is 9.16. The number of nitrogens with one attached hydrogen (secondary N) is 2. The summed E-state index contributed by atoms with van der Waals surface area (Å²) in [6.45, 7) is 1.54. The van der Waals surface area contributed by atoms with Crippen molar-refractivity contribution in [2.75, 3.05) is 25.9 Å². The van der Waals surface area contributed by atoms with Crippen LogP contribution < -0.4 is 10.6 Å². The summed E-state index contributed by atoms with van der Waals surface area (Å²) < 4.78 is 23.2. The first kappa shape index (κ1) is 19.8. The van der Waals surface area contributed by atoms with Gasteiger partial charge in [-0.2, -0.15) is 0 Å². The van der Waals surface area contributed by atoms with E-state index in [-0.39, 0.29) is 5.91 Å². The maximum absolute atomic E-state index is 12.7. The van der Waals surface area contributed by atoms with Gasteiger partial charge in [0.25, 0.3) is 0 Å². The number of aromatic nitrogens is 1. The van der Waals surface area contributed by atoms with Gasteiger partial charge < -0.3 is 10.6 Å². The second-order valence-electron chi connectivity index (χ2n) is 7.52. The summed E-state index contributed by atoms with van der Waals surface area (Å²) in [5.74, 6) is 0.233. The number of hydrogen-bond donors (Lipinski definition) is 2. The molecule has 0 aromatic carbocycles. The molecule has 2 N–H and O–H groups in total. The Bertz CT molecular complexity index is 718. The van der Waals surface area contributed by atoms with E-state index in [1.807, 2.05) is 0 Å². The smallest absolute Gasteiger partial charge is 0.241 e. The topological polar surface area (TPSA) is 88.2 Å².